The van der Waals surface area contributed by atoms with Gasteiger partial charge in [-0.3, -0.25) is 0 Å². The molecule has 0 aromatic heterocycles. The lowest BCUT2D eigenvalue weighted by Gasteiger charge is -2.02. The van der Waals surface area contributed by atoms with E-state index in [1.54, 1.807) is 12.1 Å². The van der Waals surface area contributed by atoms with Gasteiger partial charge in [0.25, 0.3) is 0 Å². The zero-order valence-electron chi connectivity index (χ0n) is 4.94. The average Bonchev–Trinajstić information content (AvgIpc) is 1.93. The second-order valence-corrected chi connectivity index (χ2v) is 3.50. The Hall–Kier alpha value is 0.140. The largest absolute Gasteiger partial charge is 0.397 e. The first-order valence-electron chi connectivity index (χ1n) is 2.55. The molecule has 0 saturated carbocycles. The smallest absolute Gasteiger partial charge is 0.0650 e. The van der Waals surface area contributed by atoms with E-state index in [9.17, 15) is 0 Å². The molecular weight excluding hydrogens is 233 g/mol. The van der Waals surface area contributed by atoms with Crippen molar-refractivity contribution in [2.45, 2.75) is 4.90 Å². The molecule has 0 aliphatic rings. The van der Waals surface area contributed by atoms with E-state index < -0.39 is 0 Å². The van der Waals surface area contributed by atoms with Gasteiger partial charge in [-0.2, -0.15) is 0 Å². The van der Waals surface area contributed by atoms with Crippen molar-refractivity contribution in [1.82, 2.24) is 0 Å². The minimum absolute atomic E-state index is 0.513. The number of hydrogen-bond acceptors (Lipinski definition) is 2. The van der Waals surface area contributed by atoms with E-state index in [4.69, 9.17) is 17.3 Å². The van der Waals surface area contributed by atoms with Gasteiger partial charge in [-0.05, 0) is 28.1 Å². The summed E-state index contributed by atoms with van der Waals surface area (Å²) in [7, 11) is 0. The molecule has 1 rings (SSSR count). The highest BCUT2D eigenvalue weighted by Gasteiger charge is 2.02. The zero-order valence-corrected chi connectivity index (χ0v) is 8.17. The van der Waals surface area contributed by atoms with Crippen molar-refractivity contribution < 1.29 is 0 Å². The Morgan fingerprint density at radius 3 is 2.60 bits per heavy atom. The summed E-state index contributed by atoms with van der Waals surface area (Å²) in [5.74, 6) is 0. The lowest BCUT2D eigenvalue weighted by molar-refractivity contribution is 1.42. The highest BCUT2D eigenvalue weighted by Crippen LogP contribution is 2.31. The van der Waals surface area contributed by atoms with Gasteiger partial charge in [0.2, 0.25) is 0 Å². The molecule has 0 atom stereocenters. The minimum atomic E-state index is 0.513. The van der Waals surface area contributed by atoms with Crippen LogP contribution in [-0.2, 0) is 0 Å². The Morgan fingerprint density at radius 2 is 2.10 bits per heavy atom. The Bertz CT molecular complexity index is 237. The van der Waals surface area contributed by atoms with Crippen molar-refractivity contribution in [3.05, 3.63) is 21.6 Å². The van der Waals surface area contributed by atoms with Gasteiger partial charge in [0.15, 0.2) is 0 Å². The lowest BCUT2D eigenvalue weighted by atomic mass is 10.3. The molecule has 0 spiro atoms. The van der Waals surface area contributed by atoms with Crippen LogP contribution in [0.4, 0.5) is 5.69 Å². The molecule has 1 aromatic rings. The molecule has 0 heterocycles. The van der Waals surface area contributed by atoms with Crippen LogP contribution in [0, 0.1) is 0 Å². The van der Waals surface area contributed by atoms with E-state index in [0.717, 1.165) is 4.47 Å². The lowest BCUT2D eigenvalue weighted by Crippen LogP contribution is -1.88. The Balaban J connectivity index is 3.34. The van der Waals surface area contributed by atoms with Crippen molar-refractivity contribution >= 4 is 45.8 Å². The SMILES string of the molecule is Nc1c(Cl)ccc(Br)c1S. The number of benzene rings is 1. The molecule has 0 aliphatic heterocycles. The minimum Gasteiger partial charge on any atom is -0.397 e. The van der Waals surface area contributed by atoms with Crippen molar-refractivity contribution in [2.24, 2.45) is 0 Å². The fourth-order valence-corrected chi connectivity index (χ4v) is 1.32. The van der Waals surface area contributed by atoms with Gasteiger partial charge in [0.05, 0.1) is 10.7 Å². The summed E-state index contributed by atoms with van der Waals surface area (Å²) in [6.45, 7) is 0. The molecule has 1 nitrogen and oxygen atoms in total. The zero-order chi connectivity index (χ0) is 7.72. The molecule has 10 heavy (non-hydrogen) atoms. The van der Waals surface area contributed by atoms with E-state index in [1.807, 2.05) is 0 Å². The summed E-state index contributed by atoms with van der Waals surface area (Å²) < 4.78 is 0.859. The van der Waals surface area contributed by atoms with Crippen molar-refractivity contribution in [3.63, 3.8) is 0 Å². The molecule has 0 saturated heterocycles. The molecule has 1 aromatic carbocycles. The molecule has 0 amide bonds. The Kier molecular flexibility index (Phi) is 2.50. The van der Waals surface area contributed by atoms with Gasteiger partial charge in [0, 0.05) is 9.37 Å². The molecule has 0 radical (unpaired) electrons. The number of thiol groups is 1. The van der Waals surface area contributed by atoms with Crippen molar-refractivity contribution in [2.75, 3.05) is 5.73 Å². The van der Waals surface area contributed by atoms with Crippen LogP contribution < -0.4 is 5.73 Å². The summed E-state index contributed by atoms with van der Waals surface area (Å²) in [6, 6.07) is 3.53. The first kappa shape index (κ1) is 8.24. The van der Waals surface area contributed by atoms with E-state index in [2.05, 4.69) is 28.6 Å². The van der Waals surface area contributed by atoms with Crippen LogP contribution in [0.5, 0.6) is 0 Å². The fourth-order valence-electron chi connectivity index (χ4n) is 0.557. The summed E-state index contributed by atoms with van der Waals surface area (Å²) in [5.41, 5.74) is 6.06. The maximum atomic E-state index is 5.69. The van der Waals surface area contributed by atoms with Gasteiger partial charge in [0.1, 0.15) is 0 Å². The van der Waals surface area contributed by atoms with Crippen LogP contribution in [0.25, 0.3) is 0 Å². The van der Waals surface area contributed by atoms with Crippen LogP contribution in [0.1, 0.15) is 0 Å². The van der Waals surface area contributed by atoms with Gasteiger partial charge < -0.3 is 5.73 Å². The third kappa shape index (κ3) is 1.41. The monoisotopic (exact) mass is 237 g/mol. The molecule has 2 N–H and O–H groups in total. The number of halogens is 2. The van der Waals surface area contributed by atoms with Crippen molar-refractivity contribution in [3.8, 4) is 0 Å². The second-order valence-electron chi connectivity index (χ2n) is 1.79. The van der Waals surface area contributed by atoms with Crippen LogP contribution in [0.2, 0.25) is 5.02 Å². The van der Waals surface area contributed by atoms with E-state index in [0.29, 0.717) is 15.6 Å². The molecular formula is C6H5BrClNS. The average molecular weight is 239 g/mol. The first-order valence-corrected chi connectivity index (χ1v) is 4.17. The number of hydrogen-bond donors (Lipinski definition) is 2. The number of nitrogen functional groups attached to an aromatic ring is 1. The highest BCUT2D eigenvalue weighted by atomic mass is 79.9. The van der Waals surface area contributed by atoms with Gasteiger partial charge in [-0.15, -0.1) is 12.6 Å². The Labute approximate surface area is 78.1 Å². The van der Waals surface area contributed by atoms with Gasteiger partial charge >= 0.3 is 0 Å². The fraction of sp³-hybridized carbons (Fsp3) is 0. The van der Waals surface area contributed by atoms with Crippen LogP contribution in [-0.4, -0.2) is 0 Å². The number of anilines is 1. The molecule has 0 aliphatic carbocycles. The van der Waals surface area contributed by atoms with E-state index in [1.165, 1.54) is 0 Å². The standard InChI is InChI=1S/C6H5BrClNS/c7-3-1-2-4(8)5(9)6(3)10/h1-2,10H,9H2. The van der Waals surface area contributed by atoms with Gasteiger partial charge in [-0.1, -0.05) is 11.6 Å². The maximum absolute atomic E-state index is 5.69. The molecule has 0 fully saturated rings. The first-order chi connectivity index (χ1) is 4.63. The topological polar surface area (TPSA) is 26.0 Å². The quantitative estimate of drug-likeness (QED) is 0.527. The summed E-state index contributed by atoms with van der Waals surface area (Å²) in [5, 5.41) is 0.535. The molecule has 54 valence electrons. The number of nitrogens with two attached hydrogens (primary N) is 1. The molecule has 4 heteroatoms. The molecule has 0 bridgehead atoms. The number of rotatable bonds is 0. The molecule has 0 unspecified atom stereocenters. The normalized spacial score (nSPS) is 9.90. The van der Waals surface area contributed by atoms with Crippen molar-refractivity contribution in [1.29, 1.82) is 0 Å². The van der Waals surface area contributed by atoms with E-state index in [-0.39, 0.29) is 0 Å². The third-order valence-electron chi connectivity index (χ3n) is 1.11. The summed E-state index contributed by atoms with van der Waals surface area (Å²) in [6.07, 6.45) is 0. The Morgan fingerprint density at radius 1 is 1.50 bits per heavy atom. The summed E-state index contributed by atoms with van der Waals surface area (Å²) >= 11 is 13.1. The van der Waals surface area contributed by atoms with Gasteiger partial charge in [-0.25, -0.2) is 0 Å². The highest BCUT2D eigenvalue weighted by molar-refractivity contribution is 9.10. The van der Waals surface area contributed by atoms with Crippen LogP contribution >= 0.6 is 40.2 Å². The van der Waals surface area contributed by atoms with E-state index >= 15 is 0 Å². The maximum Gasteiger partial charge on any atom is 0.0650 e. The third-order valence-corrected chi connectivity index (χ3v) is 2.89. The van der Waals surface area contributed by atoms with Crippen LogP contribution in [0.3, 0.4) is 0 Å². The summed E-state index contributed by atoms with van der Waals surface area (Å²) in [4.78, 5) is 0.688. The predicted molar refractivity (Wildman–Crippen MR) is 50.8 cm³/mol. The van der Waals surface area contributed by atoms with Crippen LogP contribution in [0.15, 0.2) is 21.5 Å². The predicted octanol–water partition coefficient (Wildman–Crippen LogP) is 2.97. The second kappa shape index (κ2) is 3.03.